The van der Waals surface area contributed by atoms with E-state index in [4.69, 9.17) is 0 Å². The van der Waals surface area contributed by atoms with Crippen LogP contribution in [-0.4, -0.2) is 24.9 Å². The van der Waals surface area contributed by atoms with Gasteiger partial charge in [0.15, 0.2) is 0 Å². The molecule has 0 saturated heterocycles. The van der Waals surface area contributed by atoms with E-state index in [0.717, 1.165) is 19.3 Å². The molecule has 0 unspecified atom stereocenters. The lowest BCUT2D eigenvalue weighted by molar-refractivity contribution is -0.123. The first-order valence-corrected chi connectivity index (χ1v) is 5.38. The van der Waals surface area contributed by atoms with Gasteiger partial charge in [0.2, 0.25) is 5.91 Å². The molecule has 0 aliphatic carbocycles. The Kier molecular flexibility index (Phi) is 8.44. The summed E-state index contributed by atoms with van der Waals surface area (Å²) >= 11 is 0. The van der Waals surface area contributed by atoms with Crippen molar-refractivity contribution in [1.82, 2.24) is 4.90 Å². The number of likely N-dealkylation sites (N-methyl/N-ethyl adjacent to an activating group) is 1. The fraction of sp³-hybridized carbons (Fsp3) is 0.462. The number of unbranched alkanes of at least 4 members (excludes halogenated alkanes) is 1. The van der Waals surface area contributed by atoms with Crippen LogP contribution in [0, 0.1) is 0 Å². The van der Waals surface area contributed by atoms with Gasteiger partial charge in [0.25, 0.3) is 0 Å². The zero-order valence-corrected chi connectivity index (χ0v) is 9.94. The SMILES string of the molecule is CCC=CCCC=CC=CC(=O)N(C)C. The summed E-state index contributed by atoms with van der Waals surface area (Å²) in [6, 6.07) is 0. The van der Waals surface area contributed by atoms with Gasteiger partial charge in [-0.3, -0.25) is 4.79 Å². The van der Waals surface area contributed by atoms with Crippen LogP contribution < -0.4 is 0 Å². The number of amides is 1. The average molecular weight is 207 g/mol. The molecule has 0 atom stereocenters. The fourth-order valence-corrected chi connectivity index (χ4v) is 0.939. The van der Waals surface area contributed by atoms with Gasteiger partial charge >= 0.3 is 0 Å². The van der Waals surface area contributed by atoms with E-state index in [1.165, 1.54) is 0 Å². The molecule has 0 heterocycles. The third kappa shape index (κ3) is 9.01. The predicted molar refractivity (Wildman–Crippen MR) is 65.6 cm³/mol. The van der Waals surface area contributed by atoms with E-state index < -0.39 is 0 Å². The second kappa shape index (κ2) is 9.25. The van der Waals surface area contributed by atoms with Crippen molar-refractivity contribution in [2.75, 3.05) is 14.1 Å². The Balaban J connectivity index is 3.62. The molecule has 0 aromatic heterocycles. The summed E-state index contributed by atoms with van der Waals surface area (Å²) in [6.45, 7) is 2.13. The molecule has 0 aromatic rings. The summed E-state index contributed by atoms with van der Waals surface area (Å²) in [7, 11) is 3.48. The topological polar surface area (TPSA) is 20.3 Å². The van der Waals surface area contributed by atoms with Crippen LogP contribution >= 0.6 is 0 Å². The number of allylic oxidation sites excluding steroid dienone is 5. The summed E-state index contributed by atoms with van der Waals surface area (Å²) < 4.78 is 0. The Morgan fingerprint density at radius 3 is 2.33 bits per heavy atom. The Bertz CT molecular complexity index is 249. The van der Waals surface area contributed by atoms with E-state index in [2.05, 4.69) is 25.2 Å². The highest BCUT2D eigenvalue weighted by molar-refractivity contribution is 5.87. The Morgan fingerprint density at radius 1 is 1.07 bits per heavy atom. The molecule has 0 bridgehead atoms. The molecule has 0 aliphatic heterocycles. The first-order valence-electron chi connectivity index (χ1n) is 5.38. The minimum Gasteiger partial charge on any atom is -0.345 e. The van der Waals surface area contributed by atoms with E-state index in [0.29, 0.717) is 0 Å². The van der Waals surface area contributed by atoms with E-state index in [1.807, 2.05) is 6.08 Å². The summed E-state index contributed by atoms with van der Waals surface area (Å²) in [4.78, 5) is 12.7. The highest BCUT2D eigenvalue weighted by Crippen LogP contribution is 1.94. The third-order valence-corrected chi connectivity index (χ3v) is 1.83. The predicted octanol–water partition coefficient (Wildman–Crippen LogP) is 2.93. The number of nitrogens with zero attached hydrogens (tertiary/aromatic N) is 1. The van der Waals surface area contributed by atoms with E-state index >= 15 is 0 Å². The lowest BCUT2D eigenvalue weighted by atomic mass is 10.2. The monoisotopic (exact) mass is 207 g/mol. The maximum absolute atomic E-state index is 11.1. The molecule has 0 N–H and O–H groups in total. The second-order valence-corrected chi connectivity index (χ2v) is 3.48. The van der Waals surface area contributed by atoms with Crippen molar-refractivity contribution in [2.24, 2.45) is 0 Å². The zero-order valence-electron chi connectivity index (χ0n) is 9.94. The van der Waals surface area contributed by atoms with E-state index in [1.54, 1.807) is 31.1 Å². The summed E-state index contributed by atoms with van der Waals surface area (Å²) in [6.07, 6.45) is 14.9. The van der Waals surface area contributed by atoms with Crippen molar-refractivity contribution >= 4 is 5.91 Å². The molecule has 0 rings (SSSR count). The molecule has 2 nitrogen and oxygen atoms in total. The van der Waals surface area contributed by atoms with Crippen molar-refractivity contribution < 1.29 is 4.79 Å². The lowest BCUT2D eigenvalue weighted by Gasteiger charge is -2.04. The van der Waals surface area contributed by atoms with Gasteiger partial charge in [-0.05, 0) is 19.3 Å². The summed E-state index contributed by atoms with van der Waals surface area (Å²) in [5.74, 6) is 0.0190. The molecule has 0 saturated carbocycles. The van der Waals surface area contributed by atoms with Crippen molar-refractivity contribution in [1.29, 1.82) is 0 Å². The zero-order chi connectivity index (χ0) is 11.5. The first kappa shape index (κ1) is 13.7. The highest BCUT2D eigenvalue weighted by atomic mass is 16.2. The molecule has 15 heavy (non-hydrogen) atoms. The van der Waals surface area contributed by atoms with Crippen molar-refractivity contribution in [2.45, 2.75) is 26.2 Å². The van der Waals surface area contributed by atoms with Gasteiger partial charge in [-0.1, -0.05) is 37.3 Å². The van der Waals surface area contributed by atoms with Crippen LogP contribution in [-0.2, 0) is 4.79 Å². The van der Waals surface area contributed by atoms with Crippen LogP contribution in [0.5, 0.6) is 0 Å². The number of carbonyl (C=O) groups excluding carboxylic acids is 1. The summed E-state index contributed by atoms with van der Waals surface area (Å²) in [5, 5.41) is 0. The van der Waals surface area contributed by atoms with Crippen molar-refractivity contribution in [3.63, 3.8) is 0 Å². The van der Waals surface area contributed by atoms with Crippen molar-refractivity contribution in [3.8, 4) is 0 Å². The van der Waals surface area contributed by atoms with Gasteiger partial charge in [0, 0.05) is 20.2 Å². The molecule has 84 valence electrons. The Morgan fingerprint density at radius 2 is 1.73 bits per heavy atom. The second-order valence-electron chi connectivity index (χ2n) is 3.48. The van der Waals surface area contributed by atoms with Gasteiger partial charge in [-0.2, -0.15) is 0 Å². The molecule has 0 spiro atoms. The fourth-order valence-electron chi connectivity index (χ4n) is 0.939. The molecular weight excluding hydrogens is 186 g/mol. The minimum atomic E-state index is 0.0190. The third-order valence-electron chi connectivity index (χ3n) is 1.83. The van der Waals surface area contributed by atoms with Gasteiger partial charge in [-0.25, -0.2) is 0 Å². The number of carbonyl (C=O) groups is 1. The van der Waals surface area contributed by atoms with Crippen LogP contribution in [0.1, 0.15) is 26.2 Å². The molecule has 0 radical (unpaired) electrons. The van der Waals surface area contributed by atoms with Gasteiger partial charge in [-0.15, -0.1) is 0 Å². The Hall–Kier alpha value is -1.31. The molecule has 2 heteroatoms. The maximum atomic E-state index is 11.1. The molecule has 0 fully saturated rings. The number of hydrogen-bond acceptors (Lipinski definition) is 1. The van der Waals surface area contributed by atoms with Crippen LogP contribution in [0.25, 0.3) is 0 Å². The van der Waals surface area contributed by atoms with Crippen LogP contribution in [0.2, 0.25) is 0 Å². The lowest BCUT2D eigenvalue weighted by Crippen LogP contribution is -2.18. The smallest absolute Gasteiger partial charge is 0.246 e. The van der Waals surface area contributed by atoms with Gasteiger partial charge in [0.1, 0.15) is 0 Å². The summed E-state index contributed by atoms with van der Waals surface area (Å²) in [5.41, 5.74) is 0. The standard InChI is InChI=1S/C13H21NO/c1-4-5-6-7-8-9-10-11-12-13(15)14(2)3/h5-6,9-12H,4,7-8H2,1-3H3. The largest absolute Gasteiger partial charge is 0.345 e. The molecular formula is C13H21NO. The van der Waals surface area contributed by atoms with E-state index in [-0.39, 0.29) is 5.91 Å². The van der Waals surface area contributed by atoms with Crippen LogP contribution in [0.3, 0.4) is 0 Å². The van der Waals surface area contributed by atoms with E-state index in [9.17, 15) is 4.79 Å². The molecule has 0 aromatic carbocycles. The first-order chi connectivity index (χ1) is 7.18. The van der Waals surface area contributed by atoms with Gasteiger partial charge in [0.05, 0.1) is 0 Å². The van der Waals surface area contributed by atoms with Crippen LogP contribution in [0.15, 0.2) is 36.5 Å². The minimum absolute atomic E-state index is 0.0190. The van der Waals surface area contributed by atoms with Crippen molar-refractivity contribution in [3.05, 3.63) is 36.5 Å². The van der Waals surface area contributed by atoms with Crippen LogP contribution in [0.4, 0.5) is 0 Å². The van der Waals surface area contributed by atoms with Gasteiger partial charge < -0.3 is 4.90 Å². The normalized spacial score (nSPS) is 11.9. The quantitative estimate of drug-likeness (QED) is 0.284. The number of hydrogen-bond donors (Lipinski definition) is 0. The molecule has 0 aliphatic rings. The number of rotatable bonds is 6. The Labute approximate surface area is 93.0 Å². The highest BCUT2D eigenvalue weighted by Gasteiger charge is 1.93. The maximum Gasteiger partial charge on any atom is 0.246 e. The molecule has 1 amide bonds. The average Bonchev–Trinajstić information content (AvgIpc) is 2.21.